The molecular weight excluding hydrogens is 448 g/mol. The molecule has 3 aliphatic rings. The third-order valence-corrected chi connectivity index (χ3v) is 7.96. The standard InChI is InChI=1S/C29H32N6O/c1-28(2,3)24-5-4-6-26(33-24)35-23-14-25(31-16-21(23)27(36)34(35)20-8-9-20)32-19-7-10-22-18(13-19)15-30-17-29(22)11-12-29/h4-7,10,13-14,16,20,30H,8-9,11-12,15,17H2,1-3H3,(H,31,32). The summed E-state index contributed by atoms with van der Waals surface area (Å²) in [4.78, 5) is 23.0. The maximum absolute atomic E-state index is 13.4. The first kappa shape index (κ1) is 21.8. The van der Waals surface area contributed by atoms with Crippen LogP contribution in [-0.2, 0) is 17.4 Å². The summed E-state index contributed by atoms with van der Waals surface area (Å²) in [6, 6.07) is 15.0. The van der Waals surface area contributed by atoms with Crippen molar-refractivity contribution in [2.45, 2.75) is 69.9 Å². The SMILES string of the molecule is CC(C)(C)c1cccc(-n2c3cc(Nc4ccc5c(c4)CNCC54CC4)ncc3c(=O)n2C2CC2)n1. The van der Waals surface area contributed by atoms with Gasteiger partial charge in [0.05, 0.1) is 16.9 Å². The Hall–Kier alpha value is -3.45. The van der Waals surface area contributed by atoms with E-state index in [1.54, 1.807) is 6.20 Å². The van der Waals surface area contributed by atoms with E-state index in [9.17, 15) is 4.79 Å². The molecule has 184 valence electrons. The van der Waals surface area contributed by atoms with Gasteiger partial charge in [-0.25, -0.2) is 19.3 Å². The third kappa shape index (κ3) is 3.48. The van der Waals surface area contributed by atoms with E-state index in [4.69, 9.17) is 4.98 Å². The highest BCUT2D eigenvalue weighted by Gasteiger charge is 2.46. The second kappa shape index (κ2) is 7.53. The number of nitrogens with zero attached hydrogens (tertiary/aromatic N) is 4. The molecule has 2 saturated carbocycles. The first-order chi connectivity index (χ1) is 17.3. The van der Waals surface area contributed by atoms with Gasteiger partial charge in [-0.1, -0.05) is 32.9 Å². The first-order valence-corrected chi connectivity index (χ1v) is 13.0. The quantitative estimate of drug-likeness (QED) is 0.425. The van der Waals surface area contributed by atoms with E-state index >= 15 is 0 Å². The fraction of sp³-hybridized carbons (Fsp3) is 0.414. The van der Waals surface area contributed by atoms with E-state index in [1.807, 2.05) is 27.6 Å². The Balaban J connectivity index is 1.32. The van der Waals surface area contributed by atoms with Crippen LogP contribution in [0, 0.1) is 0 Å². The Morgan fingerprint density at radius 3 is 2.69 bits per heavy atom. The minimum atomic E-state index is -0.0850. The van der Waals surface area contributed by atoms with Crippen LogP contribution in [0.2, 0.25) is 0 Å². The molecule has 4 aromatic rings. The van der Waals surface area contributed by atoms with Gasteiger partial charge in [0, 0.05) is 47.6 Å². The summed E-state index contributed by atoms with van der Waals surface area (Å²) < 4.78 is 3.88. The minimum Gasteiger partial charge on any atom is -0.340 e. The van der Waals surface area contributed by atoms with Crippen molar-refractivity contribution in [3.05, 3.63) is 75.8 Å². The lowest BCUT2D eigenvalue weighted by Crippen LogP contribution is -2.33. The topological polar surface area (TPSA) is 76.8 Å². The predicted octanol–water partition coefficient (Wildman–Crippen LogP) is 5.09. The van der Waals surface area contributed by atoms with Crippen molar-refractivity contribution in [2.24, 2.45) is 0 Å². The van der Waals surface area contributed by atoms with Crippen molar-refractivity contribution in [2.75, 3.05) is 11.9 Å². The molecule has 0 saturated heterocycles. The molecule has 0 unspecified atom stereocenters. The molecule has 2 aliphatic carbocycles. The number of benzene rings is 1. The van der Waals surface area contributed by atoms with E-state index in [0.717, 1.165) is 54.5 Å². The smallest absolute Gasteiger partial charge is 0.276 e. The van der Waals surface area contributed by atoms with Crippen molar-refractivity contribution in [3.63, 3.8) is 0 Å². The molecule has 0 atom stereocenters. The largest absolute Gasteiger partial charge is 0.340 e. The summed E-state index contributed by atoms with van der Waals surface area (Å²) >= 11 is 0. The summed E-state index contributed by atoms with van der Waals surface area (Å²) in [5.41, 5.74) is 5.99. The number of hydrogen-bond acceptors (Lipinski definition) is 5. The van der Waals surface area contributed by atoms with Crippen LogP contribution >= 0.6 is 0 Å². The number of fused-ring (bicyclic) bond motifs is 3. The van der Waals surface area contributed by atoms with Gasteiger partial charge in [0.2, 0.25) is 0 Å². The molecule has 0 radical (unpaired) electrons. The molecule has 0 amide bonds. The summed E-state index contributed by atoms with van der Waals surface area (Å²) in [5.74, 6) is 1.49. The number of anilines is 2. The molecule has 7 nitrogen and oxygen atoms in total. The Morgan fingerprint density at radius 1 is 1.11 bits per heavy atom. The number of nitrogens with one attached hydrogen (secondary N) is 2. The van der Waals surface area contributed by atoms with Crippen LogP contribution in [0.5, 0.6) is 0 Å². The molecule has 0 bridgehead atoms. The molecular formula is C29H32N6O. The Bertz CT molecular complexity index is 1570. The number of hydrogen-bond donors (Lipinski definition) is 2. The Morgan fingerprint density at radius 2 is 1.94 bits per heavy atom. The van der Waals surface area contributed by atoms with E-state index in [0.29, 0.717) is 10.8 Å². The van der Waals surface area contributed by atoms with Crippen LogP contribution in [0.25, 0.3) is 16.7 Å². The zero-order valence-electron chi connectivity index (χ0n) is 21.1. The lowest BCUT2D eigenvalue weighted by atomic mass is 9.88. The normalized spacial score (nSPS) is 18.4. The van der Waals surface area contributed by atoms with E-state index < -0.39 is 0 Å². The van der Waals surface area contributed by atoms with Crippen molar-refractivity contribution in [1.82, 2.24) is 24.6 Å². The molecule has 2 N–H and O–H groups in total. The molecule has 1 aliphatic heterocycles. The average molecular weight is 481 g/mol. The summed E-state index contributed by atoms with van der Waals surface area (Å²) in [6.45, 7) is 8.47. The lowest BCUT2D eigenvalue weighted by molar-refractivity contribution is 0.531. The molecule has 36 heavy (non-hydrogen) atoms. The third-order valence-electron chi connectivity index (χ3n) is 7.96. The van der Waals surface area contributed by atoms with Crippen LogP contribution in [0.1, 0.15) is 69.3 Å². The molecule has 7 rings (SSSR count). The Kier molecular flexibility index (Phi) is 4.56. The maximum atomic E-state index is 13.4. The fourth-order valence-corrected chi connectivity index (χ4v) is 5.64. The van der Waals surface area contributed by atoms with E-state index in [2.05, 4.69) is 60.7 Å². The number of pyridine rings is 2. The lowest BCUT2D eigenvalue weighted by Gasteiger charge is -2.26. The molecule has 7 heteroatoms. The zero-order valence-corrected chi connectivity index (χ0v) is 21.1. The van der Waals surface area contributed by atoms with Gasteiger partial charge < -0.3 is 10.6 Å². The number of aromatic nitrogens is 4. The van der Waals surface area contributed by atoms with Gasteiger partial charge in [-0.2, -0.15) is 0 Å². The van der Waals surface area contributed by atoms with Crippen LogP contribution in [0.15, 0.2) is 53.5 Å². The minimum absolute atomic E-state index is 0.00379. The highest BCUT2D eigenvalue weighted by atomic mass is 16.1. The second-order valence-electron chi connectivity index (χ2n) is 11.8. The molecule has 3 aromatic heterocycles. The van der Waals surface area contributed by atoms with Crippen LogP contribution in [0.4, 0.5) is 11.5 Å². The van der Waals surface area contributed by atoms with Gasteiger partial charge in [-0.05, 0) is 61.1 Å². The molecule has 4 heterocycles. The average Bonchev–Trinajstić information content (AvgIpc) is 3.79. The monoisotopic (exact) mass is 480 g/mol. The molecule has 1 aromatic carbocycles. The van der Waals surface area contributed by atoms with Gasteiger partial charge in [-0.3, -0.25) is 4.79 Å². The molecule has 2 fully saturated rings. The Labute approximate surface area is 210 Å². The van der Waals surface area contributed by atoms with Crippen LogP contribution in [-0.4, -0.2) is 25.9 Å². The predicted molar refractivity (Wildman–Crippen MR) is 142 cm³/mol. The van der Waals surface area contributed by atoms with E-state index in [-0.39, 0.29) is 17.0 Å². The first-order valence-electron chi connectivity index (χ1n) is 13.0. The summed E-state index contributed by atoms with van der Waals surface area (Å²) in [6.07, 6.45) is 6.29. The van der Waals surface area contributed by atoms with Crippen LogP contribution < -0.4 is 16.2 Å². The highest BCUT2D eigenvalue weighted by molar-refractivity contribution is 5.82. The van der Waals surface area contributed by atoms with E-state index in [1.165, 1.54) is 24.0 Å². The van der Waals surface area contributed by atoms with Crippen molar-refractivity contribution in [3.8, 4) is 5.82 Å². The second-order valence-corrected chi connectivity index (χ2v) is 11.8. The van der Waals surface area contributed by atoms with Crippen molar-refractivity contribution in [1.29, 1.82) is 0 Å². The summed E-state index contributed by atoms with van der Waals surface area (Å²) in [7, 11) is 0. The van der Waals surface area contributed by atoms with Gasteiger partial charge in [0.25, 0.3) is 5.56 Å². The highest BCUT2D eigenvalue weighted by Crippen LogP contribution is 2.50. The molecule has 1 spiro atoms. The van der Waals surface area contributed by atoms with Crippen LogP contribution in [0.3, 0.4) is 0 Å². The number of rotatable bonds is 4. The summed E-state index contributed by atoms with van der Waals surface area (Å²) in [5, 5.41) is 7.71. The fourth-order valence-electron chi connectivity index (χ4n) is 5.64. The maximum Gasteiger partial charge on any atom is 0.276 e. The zero-order chi connectivity index (χ0) is 24.7. The van der Waals surface area contributed by atoms with Gasteiger partial charge in [0.15, 0.2) is 5.82 Å². The van der Waals surface area contributed by atoms with Crippen molar-refractivity contribution < 1.29 is 0 Å². The van der Waals surface area contributed by atoms with Gasteiger partial charge in [0.1, 0.15) is 5.82 Å². The van der Waals surface area contributed by atoms with Gasteiger partial charge in [-0.15, -0.1) is 0 Å². The van der Waals surface area contributed by atoms with Gasteiger partial charge >= 0.3 is 0 Å². The van der Waals surface area contributed by atoms with Crippen molar-refractivity contribution >= 4 is 22.4 Å².